The molecule has 0 N–H and O–H groups in total. The van der Waals surface area contributed by atoms with Crippen molar-refractivity contribution >= 4 is 74.0 Å². The predicted molar refractivity (Wildman–Crippen MR) is 102 cm³/mol. The normalized spacial score (nSPS) is 16.8. The van der Waals surface area contributed by atoms with E-state index in [2.05, 4.69) is 44.8 Å². The largest absolute Gasteiger partial charge is 0.179 e. The van der Waals surface area contributed by atoms with Gasteiger partial charge in [-0.1, -0.05) is 0 Å². The molecule has 0 fully saturated rings. The number of hydrogen-bond donors (Lipinski definition) is 4. The summed E-state index contributed by atoms with van der Waals surface area (Å²) in [6, 6.07) is 0. The van der Waals surface area contributed by atoms with Gasteiger partial charge in [0.2, 0.25) is 0 Å². The van der Waals surface area contributed by atoms with Gasteiger partial charge in [0.25, 0.3) is 0 Å². The van der Waals surface area contributed by atoms with Gasteiger partial charge in [0.05, 0.1) is 0 Å². The Morgan fingerprint density at radius 2 is 1.71 bits per heavy atom. The molecule has 0 aromatic carbocycles. The third kappa shape index (κ3) is 9.61. The van der Waals surface area contributed by atoms with Crippen molar-refractivity contribution < 1.29 is 0 Å². The van der Waals surface area contributed by atoms with Crippen LogP contribution in [-0.2, 0) is 0 Å². The molecule has 0 bridgehead atoms. The number of hydrogen-bond acceptors (Lipinski definition) is 6. The molecule has 0 amide bonds. The predicted octanol–water partition coefficient (Wildman–Crippen LogP) is 4.08. The second kappa shape index (κ2) is 11.9. The third-order valence-electron chi connectivity index (χ3n) is 2.49. The molecule has 2 atom stereocenters. The lowest BCUT2D eigenvalue weighted by atomic mass is 10.0. The second-order valence-corrected chi connectivity index (χ2v) is 8.94. The highest BCUT2D eigenvalue weighted by Gasteiger charge is 2.29. The van der Waals surface area contributed by atoms with Crippen LogP contribution < -0.4 is 0 Å². The highest BCUT2D eigenvalue weighted by Crippen LogP contribution is 2.35. The minimum absolute atomic E-state index is 0.0728. The molecule has 0 saturated carbocycles. The Kier molecular flexibility index (Phi) is 13.4. The van der Waals surface area contributed by atoms with Gasteiger partial charge in [0, 0.05) is 27.3 Å². The molecule has 0 nitrogen and oxygen atoms in total. The topological polar surface area (TPSA) is 0 Å². The van der Waals surface area contributed by atoms with Gasteiger partial charge >= 0.3 is 0 Å². The van der Waals surface area contributed by atoms with Gasteiger partial charge in [-0.3, -0.25) is 0 Å². The maximum absolute atomic E-state index is 4.82. The van der Waals surface area contributed by atoms with Gasteiger partial charge in [0.1, 0.15) is 0 Å². The van der Waals surface area contributed by atoms with Crippen LogP contribution in [0.3, 0.4) is 0 Å². The Bertz CT molecular complexity index is 173. The van der Waals surface area contributed by atoms with Gasteiger partial charge in [-0.2, -0.15) is 74.0 Å². The minimum Gasteiger partial charge on any atom is -0.179 e. The summed E-state index contributed by atoms with van der Waals surface area (Å²) < 4.78 is 0.0728. The Balaban J connectivity index is 3.96. The van der Waals surface area contributed by atoms with E-state index in [9.17, 15) is 0 Å². The lowest BCUT2D eigenvalue weighted by Crippen LogP contribution is -2.32. The van der Waals surface area contributed by atoms with Crippen molar-refractivity contribution in [3.05, 3.63) is 0 Å². The zero-order valence-electron chi connectivity index (χ0n) is 10.3. The first-order valence-electron chi connectivity index (χ1n) is 5.82. The number of thioether (sulfide) groups is 2. The average molecular weight is 349 g/mol. The fourth-order valence-corrected chi connectivity index (χ4v) is 5.66. The highest BCUT2D eigenvalue weighted by atomic mass is 32.2. The molecule has 0 radical (unpaired) electrons. The van der Waals surface area contributed by atoms with Gasteiger partial charge < -0.3 is 0 Å². The monoisotopic (exact) mass is 348 g/mol. The quantitative estimate of drug-likeness (QED) is 0.328. The van der Waals surface area contributed by atoms with Crippen molar-refractivity contribution in [2.45, 2.75) is 29.8 Å². The van der Waals surface area contributed by atoms with Gasteiger partial charge in [-0.25, -0.2) is 0 Å². The summed E-state index contributed by atoms with van der Waals surface area (Å²) in [5.41, 5.74) is 0. The van der Waals surface area contributed by atoms with E-state index in [1.807, 2.05) is 23.5 Å². The molecule has 2 unspecified atom stereocenters. The molecule has 0 spiro atoms. The van der Waals surface area contributed by atoms with Crippen molar-refractivity contribution in [2.75, 3.05) is 34.5 Å². The molecular formula is C11H24S6. The maximum Gasteiger partial charge on any atom is 0.0228 e. The third-order valence-corrected chi connectivity index (χ3v) is 7.05. The van der Waals surface area contributed by atoms with Crippen LogP contribution in [0, 0.1) is 0 Å². The second-order valence-electron chi connectivity index (χ2n) is 4.04. The van der Waals surface area contributed by atoms with Crippen LogP contribution in [0.2, 0.25) is 0 Å². The number of rotatable bonds is 11. The van der Waals surface area contributed by atoms with Crippen LogP contribution in [0.25, 0.3) is 0 Å². The van der Waals surface area contributed by atoms with E-state index in [1.54, 1.807) is 0 Å². The Morgan fingerprint density at radius 3 is 2.24 bits per heavy atom. The molecule has 17 heavy (non-hydrogen) atoms. The summed E-state index contributed by atoms with van der Waals surface area (Å²) in [6.07, 6.45) is 2.17. The SMILES string of the molecule is CC(S)(CCS)C(CCS)SCCSCCS. The van der Waals surface area contributed by atoms with Crippen molar-refractivity contribution in [3.63, 3.8) is 0 Å². The Labute approximate surface area is 137 Å². The van der Waals surface area contributed by atoms with Crippen molar-refractivity contribution in [1.29, 1.82) is 0 Å². The molecular weight excluding hydrogens is 325 g/mol. The fourth-order valence-electron chi connectivity index (χ4n) is 1.49. The number of thiol groups is 4. The fraction of sp³-hybridized carbons (Fsp3) is 1.00. The summed E-state index contributed by atoms with van der Waals surface area (Å²) in [5.74, 6) is 6.36. The average Bonchev–Trinajstić information content (AvgIpc) is 2.27. The van der Waals surface area contributed by atoms with Crippen LogP contribution in [0.1, 0.15) is 19.8 Å². The van der Waals surface area contributed by atoms with Crippen molar-refractivity contribution in [2.24, 2.45) is 0 Å². The molecule has 0 aromatic rings. The first-order chi connectivity index (χ1) is 8.08. The summed E-state index contributed by atoms with van der Waals surface area (Å²) in [7, 11) is 0. The molecule has 0 rings (SSSR count). The van der Waals surface area contributed by atoms with Gasteiger partial charge in [-0.15, -0.1) is 0 Å². The van der Waals surface area contributed by atoms with E-state index in [-0.39, 0.29) is 4.75 Å². The van der Waals surface area contributed by atoms with E-state index in [0.717, 1.165) is 35.9 Å². The zero-order chi connectivity index (χ0) is 13.1. The summed E-state index contributed by atoms with van der Waals surface area (Å²) in [6.45, 7) is 2.23. The molecule has 6 heteroatoms. The van der Waals surface area contributed by atoms with Crippen molar-refractivity contribution in [1.82, 2.24) is 0 Å². The Hall–Kier alpha value is 2.10. The molecule has 0 aromatic heterocycles. The van der Waals surface area contributed by atoms with Crippen LogP contribution >= 0.6 is 74.0 Å². The molecule has 0 aliphatic rings. The summed E-state index contributed by atoms with van der Waals surface area (Å²) >= 11 is 21.7. The van der Waals surface area contributed by atoms with E-state index < -0.39 is 0 Å². The minimum atomic E-state index is 0.0728. The Morgan fingerprint density at radius 1 is 1.00 bits per heavy atom. The highest BCUT2D eigenvalue weighted by molar-refractivity contribution is 8.04. The van der Waals surface area contributed by atoms with E-state index in [0.29, 0.717) is 5.25 Å². The molecule has 0 heterocycles. The molecule has 0 aliphatic heterocycles. The van der Waals surface area contributed by atoms with E-state index in [4.69, 9.17) is 12.6 Å². The van der Waals surface area contributed by atoms with Crippen LogP contribution in [0.15, 0.2) is 0 Å². The van der Waals surface area contributed by atoms with Crippen LogP contribution in [0.5, 0.6) is 0 Å². The first-order valence-corrected chi connectivity index (χ1v) is 10.4. The maximum atomic E-state index is 4.82. The smallest absolute Gasteiger partial charge is 0.0228 e. The van der Waals surface area contributed by atoms with Crippen molar-refractivity contribution in [3.8, 4) is 0 Å². The summed E-state index contributed by atoms with van der Waals surface area (Å²) in [5, 5.41) is 0.576. The van der Waals surface area contributed by atoms with E-state index in [1.165, 1.54) is 11.5 Å². The lowest BCUT2D eigenvalue weighted by Gasteiger charge is -2.32. The first kappa shape index (κ1) is 19.1. The van der Waals surface area contributed by atoms with E-state index >= 15 is 0 Å². The van der Waals surface area contributed by atoms with Crippen LogP contribution in [0.4, 0.5) is 0 Å². The summed E-state index contributed by atoms with van der Waals surface area (Å²) in [4.78, 5) is 0. The molecule has 104 valence electrons. The van der Waals surface area contributed by atoms with Gasteiger partial charge in [-0.05, 0) is 37.0 Å². The standard InChI is InChI=1S/C11H24S6/c1-11(15,3-5-13)10(2-4-12)17-9-8-16-7-6-14/h10,12-15H,2-9H2,1H3. The molecule has 0 saturated heterocycles. The lowest BCUT2D eigenvalue weighted by molar-refractivity contribution is 0.587. The zero-order valence-corrected chi connectivity index (χ0v) is 15.6. The van der Waals surface area contributed by atoms with Crippen LogP contribution in [-0.4, -0.2) is 44.5 Å². The van der Waals surface area contributed by atoms with Gasteiger partial charge in [0.15, 0.2) is 0 Å². The molecule has 0 aliphatic carbocycles.